The van der Waals surface area contributed by atoms with Crippen LogP contribution in [-0.2, 0) is 10.0 Å². The Hall–Kier alpha value is -0.900. The molecule has 0 radical (unpaired) electrons. The Bertz CT molecular complexity index is 580. The number of sulfonamides is 1. The summed E-state index contributed by atoms with van der Waals surface area (Å²) in [5.74, 6) is -1.66. The normalized spacial score (nSPS) is 13.7. The van der Waals surface area contributed by atoms with Crippen LogP contribution in [0.1, 0.15) is 30.8 Å². The van der Waals surface area contributed by atoms with Crippen molar-refractivity contribution in [3.05, 3.63) is 16.5 Å². The zero-order valence-electron chi connectivity index (χ0n) is 11.0. The molecule has 0 saturated heterocycles. The van der Waals surface area contributed by atoms with Gasteiger partial charge in [-0.1, -0.05) is 13.8 Å². The van der Waals surface area contributed by atoms with E-state index in [4.69, 9.17) is 9.52 Å². The second-order valence-corrected chi connectivity index (χ2v) is 7.09. The molecular formula is C11H16BrNO6S. The molecule has 7 nitrogen and oxygen atoms in total. The maximum atomic E-state index is 12.1. The molecule has 0 aliphatic carbocycles. The maximum absolute atomic E-state index is 12.1. The number of carbonyl (C=O) groups is 1. The highest BCUT2D eigenvalue weighted by atomic mass is 79.9. The molecule has 0 fully saturated rings. The molecular weight excluding hydrogens is 354 g/mol. The van der Waals surface area contributed by atoms with Crippen LogP contribution >= 0.6 is 15.9 Å². The third-order valence-electron chi connectivity index (χ3n) is 2.45. The van der Waals surface area contributed by atoms with Gasteiger partial charge in [0, 0.05) is 12.1 Å². The summed E-state index contributed by atoms with van der Waals surface area (Å²) < 4.78 is 31.2. The Balaban J connectivity index is 3.01. The number of halogens is 1. The summed E-state index contributed by atoms with van der Waals surface area (Å²) in [6.07, 6.45) is 0.455. The lowest BCUT2D eigenvalue weighted by atomic mass is 10.1. The largest absolute Gasteiger partial charge is 0.475 e. The first-order chi connectivity index (χ1) is 9.17. The number of carboxylic acid groups (broad SMARTS) is 1. The summed E-state index contributed by atoms with van der Waals surface area (Å²) in [5, 5.41) is 18.0. The maximum Gasteiger partial charge on any atom is 0.371 e. The Labute approximate surface area is 125 Å². The van der Waals surface area contributed by atoms with Gasteiger partial charge in [0.05, 0.1) is 6.61 Å². The number of hydrogen-bond donors (Lipinski definition) is 3. The van der Waals surface area contributed by atoms with E-state index in [1.165, 1.54) is 0 Å². The Kier molecular flexibility index (Phi) is 5.75. The number of carboxylic acids is 1. The van der Waals surface area contributed by atoms with Crippen molar-refractivity contribution in [1.82, 2.24) is 4.72 Å². The van der Waals surface area contributed by atoms with Crippen LogP contribution in [0.5, 0.6) is 0 Å². The van der Waals surface area contributed by atoms with E-state index in [0.29, 0.717) is 6.42 Å². The number of aliphatic hydroxyl groups is 1. The molecule has 0 saturated carbocycles. The van der Waals surface area contributed by atoms with Crippen LogP contribution in [0.15, 0.2) is 20.0 Å². The second-order valence-electron chi connectivity index (χ2n) is 4.68. The monoisotopic (exact) mass is 369 g/mol. The molecule has 3 N–H and O–H groups in total. The van der Waals surface area contributed by atoms with Crippen molar-refractivity contribution in [1.29, 1.82) is 0 Å². The topological polar surface area (TPSA) is 117 Å². The predicted octanol–water partition coefficient (Wildman–Crippen LogP) is 1.43. The van der Waals surface area contributed by atoms with Gasteiger partial charge >= 0.3 is 5.97 Å². The number of rotatable bonds is 7. The van der Waals surface area contributed by atoms with E-state index in [2.05, 4.69) is 20.7 Å². The minimum atomic E-state index is -3.97. The second kappa shape index (κ2) is 6.70. The summed E-state index contributed by atoms with van der Waals surface area (Å²) in [5.41, 5.74) is 0. The molecule has 20 heavy (non-hydrogen) atoms. The third-order valence-corrected chi connectivity index (χ3v) is 4.83. The minimum Gasteiger partial charge on any atom is -0.475 e. The smallest absolute Gasteiger partial charge is 0.371 e. The van der Waals surface area contributed by atoms with Crippen LogP contribution in [-0.4, -0.2) is 37.2 Å². The lowest BCUT2D eigenvalue weighted by Crippen LogP contribution is -2.38. The van der Waals surface area contributed by atoms with E-state index in [9.17, 15) is 18.3 Å². The molecule has 1 heterocycles. The van der Waals surface area contributed by atoms with Gasteiger partial charge in [0.25, 0.3) is 0 Å². The van der Waals surface area contributed by atoms with E-state index >= 15 is 0 Å². The first kappa shape index (κ1) is 17.2. The fraction of sp³-hybridized carbons (Fsp3) is 0.545. The summed E-state index contributed by atoms with van der Waals surface area (Å²) in [7, 11) is -3.97. The molecule has 1 aromatic heterocycles. The predicted molar refractivity (Wildman–Crippen MR) is 74.0 cm³/mol. The Morgan fingerprint density at radius 1 is 1.50 bits per heavy atom. The van der Waals surface area contributed by atoms with E-state index in [0.717, 1.165) is 6.07 Å². The zero-order valence-corrected chi connectivity index (χ0v) is 13.4. The quantitative estimate of drug-likeness (QED) is 0.669. The molecule has 0 bridgehead atoms. The van der Waals surface area contributed by atoms with Gasteiger partial charge < -0.3 is 14.6 Å². The van der Waals surface area contributed by atoms with E-state index in [1.807, 2.05) is 13.8 Å². The van der Waals surface area contributed by atoms with Crippen LogP contribution in [0.25, 0.3) is 0 Å². The zero-order chi connectivity index (χ0) is 15.5. The molecule has 1 atom stereocenters. The van der Waals surface area contributed by atoms with Gasteiger partial charge in [-0.25, -0.2) is 17.9 Å². The van der Waals surface area contributed by atoms with E-state index in [-0.39, 0.29) is 22.1 Å². The molecule has 0 spiro atoms. The van der Waals surface area contributed by atoms with Gasteiger partial charge in [0.2, 0.25) is 15.8 Å². The van der Waals surface area contributed by atoms with Crippen molar-refractivity contribution in [2.45, 2.75) is 31.2 Å². The van der Waals surface area contributed by atoms with E-state index in [1.54, 1.807) is 0 Å². The fourth-order valence-electron chi connectivity index (χ4n) is 1.65. The summed E-state index contributed by atoms with van der Waals surface area (Å²) in [6.45, 7) is 3.44. The first-order valence-electron chi connectivity index (χ1n) is 5.83. The number of nitrogens with one attached hydrogen (secondary N) is 1. The molecule has 0 aromatic carbocycles. The highest BCUT2D eigenvalue weighted by molar-refractivity contribution is 9.10. The summed E-state index contributed by atoms with van der Waals surface area (Å²) in [4.78, 5) is 10.4. The highest BCUT2D eigenvalue weighted by Gasteiger charge is 2.27. The van der Waals surface area contributed by atoms with Crippen molar-refractivity contribution in [2.75, 3.05) is 6.61 Å². The summed E-state index contributed by atoms with van der Waals surface area (Å²) >= 11 is 2.87. The van der Waals surface area contributed by atoms with Crippen molar-refractivity contribution in [2.24, 2.45) is 5.92 Å². The average Bonchev–Trinajstić information content (AvgIpc) is 2.70. The fourth-order valence-corrected chi connectivity index (χ4v) is 3.83. The van der Waals surface area contributed by atoms with Crippen LogP contribution in [0.4, 0.5) is 0 Å². The van der Waals surface area contributed by atoms with Crippen molar-refractivity contribution in [3.63, 3.8) is 0 Å². The third kappa shape index (κ3) is 4.30. The average molecular weight is 370 g/mol. The van der Waals surface area contributed by atoms with E-state index < -0.39 is 27.8 Å². The van der Waals surface area contributed by atoms with Gasteiger partial charge in [-0.2, -0.15) is 0 Å². The first-order valence-corrected chi connectivity index (χ1v) is 8.10. The molecule has 1 rings (SSSR count). The molecule has 0 amide bonds. The number of furan rings is 1. The van der Waals surface area contributed by atoms with Crippen molar-refractivity contribution >= 4 is 31.9 Å². The standard InChI is InChI=1S/C11H16BrNO6S/c1-6(2)3-7(5-14)13-20(17,18)9-4-8(11(15)16)19-10(9)12/h4,6-7,13-14H,3,5H2,1-2H3,(H,15,16). The van der Waals surface area contributed by atoms with Gasteiger partial charge in [0.15, 0.2) is 4.67 Å². The molecule has 114 valence electrons. The lowest BCUT2D eigenvalue weighted by molar-refractivity contribution is 0.0661. The van der Waals surface area contributed by atoms with Gasteiger partial charge in [0.1, 0.15) is 4.90 Å². The minimum absolute atomic E-state index is 0.191. The molecule has 0 aliphatic rings. The summed E-state index contributed by atoms with van der Waals surface area (Å²) in [6, 6.07) is 0.272. The van der Waals surface area contributed by atoms with Gasteiger partial charge in [-0.05, 0) is 28.3 Å². The van der Waals surface area contributed by atoms with Crippen LogP contribution in [0, 0.1) is 5.92 Å². The van der Waals surface area contributed by atoms with Crippen LogP contribution in [0.3, 0.4) is 0 Å². The number of aliphatic hydroxyl groups excluding tert-OH is 1. The van der Waals surface area contributed by atoms with Crippen molar-refractivity contribution in [3.8, 4) is 0 Å². The SMILES string of the molecule is CC(C)CC(CO)NS(=O)(=O)c1cc(C(=O)O)oc1Br. The number of hydrogen-bond acceptors (Lipinski definition) is 5. The Morgan fingerprint density at radius 3 is 2.50 bits per heavy atom. The van der Waals surface area contributed by atoms with Crippen molar-refractivity contribution < 1.29 is 27.8 Å². The molecule has 1 unspecified atom stereocenters. The van der Waals surface area contributed by atoms with Crippen LogP contribution in [0.2, 0.25) is 0 Å². The molecule has 1 aromatic rings. The molecule has 0 aliphatic heterocycles. The highest BCUT2D eigenvalue weighted by Crippen LogP contribution is 2.26. The number of aromatic carboxylic acids is 1. The van der Waals surface area contributed by atoms with Gasteiger partial charge in [-0.3, -0.25) is 0 Å². The molecule has 9 heteroatoms. The van der Waals surface area contributed by atoms with Crippen LogP contribution < -0.4 is 4.72 Å². The van der Waals surface area contributed by atoms with Gasteiger partial charge in [-0.15, -0.1) is 0 Å². The Morgan fingerprint density at radius 2 is 2.10 bits per heavy atom. The lowest BCUT2D eigenvalue weighted by Gasteiger charge is -2.17.